The number of hydrogen-bond acceptors (Lipinski definition) is 4. The first kappa shape index (κ1) is 14.9. The van der Waals surface area contributed by atoms with Gasteiger partial charge in [-0.2, -0.15) is 0 Å². The lowest BCUT2D eigenvalue weighted by molar-refractivity contribution is -0.137. The van der Waals surface area contributed by atoms with Crippen molar-refractivity contribution in [3.05, 3.63) is 0 Å². The number of nitrogens with zero attached hydrogens (tertiary/aromatic N) is 1. The fourth-order valence-electron chi connectivity index (χ4n) is 1.66. The Morgan fingerprint density at radius 2 is 2.05 bits per heavy atom. The van der Waals surface area contributed by atoms with E-state index < -0.39 is 29.4 Å². The molecule has 0 saturated carbocycles. The molecule has 0 aromatic carbocycles. The fourth-order valence-corrected chi connectivity index (χ4v) is 1.66. The summed E-state index contributed by atoms with van der Waals surface area (Å²) in [5.74, 6) is -1.90. The van der Waals surface area contributed by atoms with Crippen molar-refractivity contribution in [3.63, 3.8) is 0 Å². The minimum Gasteiger partial charge on any atom is -0.481 e. The fraction of sp³-hybridized carbons (Fsp3) is 0.636. The molecule has 0 aromatic rings. The number of rotatable bonds is 6. The zero-order chi connectivity index (χ0) is 14.6. The Bertz CT molecular complexity index is 403. The summed E-state index contributed by atoms with van der Waals surface area (Å²) < 4.78 is 0. The van der Waals surface area contributed by atoms with Gasteiger partial charge in [0.15, 0.2) is 0 Å². The van der Waals surface area contributed by atoms with Crippen LogP contribution in [0, 0.1) is 0 Å². The van der Waals surface area contributed by atoms with Crippen LogP contribution in [-0.4, -0.2) is 52.4 Å². The Morgan fingerprint density at radius 3 is 2.53 bits per heavy atom. The molecule has 0 aromatic heterocycles. The highest BCUT2D eigenvalue weighted by molar-refractivity contribution is 6.04. The Labute approximate surface area is 110 Å². The summed E-state index contributed by atoms with van der Waals surface area (Å²) in [5.41, 5.74) is -0.714. The third-order valence-electron chi connectivity index (χ3n) is 2.68. The second-order valence-corrected chi connectivity index (χ2v) is 4.96. The molecule has 8 nitrogen and oxygen atoms in total. The number of carbonyl (C=O) groups excluding carboxylic acids is 3. The van der Waals surface area contributed by atoms with Gasteiger partial charge in [-0.25, -0.2) is 4.79 Å². The Morgan fingerprint density at radius 1 is 1.42 bits per heavy atom. The maximum absolute atomic E-state index is 11.7. The molecule has 1 saturated heterocycles. The summed E-state index contributed by atoms with van der Waals surface area (Å²) in [7, 11) is 0. The number of hydrogen-bond donors (Lipinski definition) is 3. The third kappa shape index (κ3) is 4.57. The molecule has 0 radical (unpaired) electrons. The molecule has 3 N–H and O–H groups in total. The number of aliphatic carboxylic acids is 1. The summed E-state index contributed by atoms with van der Waals surface area (Å²) >= 11 is 0. The molecule has 19 heavy (non-hydrogen) atoms. The molecule has 106 valence electrons. The molecule has 1 aliphatic heterocycles. The highest BCUT2D eigenvalue weighted by Crippen LogP contribution is 2.11. The van der Waals surface area contributed by atoms with Crippen LogP contribution in [0.1, 0.15) is 26.7 Å². The first-order valence-electron chi connectivity index (χ1n) is 5.82. The number of carbonyl (C=O) groups is 4. The Hall–Kier alpha value is -2.12. The zero-order valence-corrected chi connectivity index (χ0v) is 10.9. The second-order valence-electron chi connectivity index (χ2n) is 4.96. The molecular formula is C11H17N3O5. The van der Waals surface area contributed by atoms with Crippen molar-refractivity contribution in [2.75, 3.05) is 13.1 Å². The van der Waals surface area contributed by atoms with E-state index in [1.165, 1.54) is 0 Å². The predicted molar refractivity (Wildman–Crippen MR) is 64.2 cm³/mol. The van der Waals surface area contributed by atoms with Gasteiger partial charge in [-0.05, 0) is 20.3 Å². The van der Waals surface area contributed by atoms with Crippen LogP contribution in [0.3, 0.4) is 0 Å². The van der Waals surface area contributed by atoms with Gasteiger partial charge >= 0.3 is 12.0 Å². The predicted octanol–water partition coefficient (Wildman–Crippen LogP) is -0.702. The molecule has 0 atom stereocenters. The van der Waals surface area contributed by atoms with E-state index in [2.05, 4.69) is 10.6 Å². The Balaban J connectivity index is 2.48. The maximum Gasteiger partial charge on any atom is 0.325 e. The molecular weight excluding hydrogens is 254 g/mol. The smallest absolute Gasteiger partial charge is 0.325 e. The van der Waals surface area contributed by atoms with Crippen molar-refractivity contribution in [3.8, 4) is 0 Å². The van der Waals surface area contributed by atoms with Gasteiger partial charge in [0, 0.05) is 12.0 Å². The van der Waals surface area contributed by atoms with Crippen molar-refractivity contribution in [1.82, 2.24) is 15.5 Å². The van der Waals surface area contributed by atoms with E-state index >= 15 is 0 Å². The van der Waals surface area contributed by atoms with Crippen molar-refractivity contribution < 1.29 is 24.3 Å². The van der Waals surface area contributed by atoms with Crippen molar-refractivity contribution in [2.24, 2.45) is 0 Å². The lowest BCUT2D eigenvalue weighted by atomic mass is 9.98. The SMILES string of the molecule is CC(C)(CCC(=O)O)NC(=O)CN1C(=O)CNC1=O. The van der Waals surface area contributed by atoms with Crippen LogP contribution in [0.2, 0.25) is 0 Å². The number of imide groups is 1. The van der Waals surface area contributed by atoms with E-state index in [1.807, 2.05) is 0 Å². The van der Waals surface area contributed by atoms with Crippen LogP contribution in [-0.2, 0) is 14.4 Å². The number of carboxylic acids is 1. The van der Waals surface area contributed by atoms with E-state index in [0.717, 1.165) is 4.90 Å². The van der Waals surface area contributed by atoms with Crippen molar-refractivity contribution in [1.29, 1.82) is 0 Å². The standard InChI is InChI=1S/C11H17N3O5/c1-11(2,4-3-9(17)18)13-7(15)6-14-8(16)5-12-10(14)19/h3-6H2,1-2H3,(H,12,19)(H,13,15)(H,17,18). The van der Waals surface area contributed by atoms with Gasteiger partial charge in [-0.15, -0.1) is 0 Å². The lowest BCUT2D eigenvalue weighted by Crippen LogP contribution is -2.49. The van der Waals surface area contributed by atoms with Crippen LogP contribution in [0.15, 0.2) is 0 Å². The minimum atomic E-state index is -0.948. The highest BCUT2D eigenvalue weighted by atomic mass is 16.4. The van der Waals surface area contributed by atoms with Crippen LogP contribution in [0.25, 0.3) is 0 Å². The van der Waals surface area contributed by atoms with Gasteiger partial charge in [0.05, 0.1) is 6.54 Å². The van der Waals surface area contributed by atoms with E-state index in [0.29, 0.717) is 0 Å². The monoisotopic (exact) mass is 271 g/mol. The molecule has 0 bridgehead atoms. The largest absolute Gasteiger partial charge is 0.481 e. The number of amides is 4. The number of carboxylic acid groups (broad SMARTS) is 1. The van der Waals surface area contributed by atoms with Gasteiger partial charge in [-0.1, -0.05) is 0 Å². The van der Waals surface area contributed by atoms with Crippen LogP contribution >= 0.6 is 0 Å². The average molecular weight is 271 g/mol. The number of nitrogens with one attached hydrogen (secondary N) is 2. The summed E-state index contributed by atoms with van der Waals surface area (Å²) in [6, 6.07) is -0.594. The van der Waals surface area contributed by atoms with Gasteiger partial charge in [0.2, 0.25) is 5.91 Å². The van der Waals surface area contributed by atoms with E-state index in [4.69, 9.17) is 5.11 Å². The zero-order valence-electron chi connectivity index (χ0n) is 10.9. The first-order valence-corrected chi connectivity index (χ1v) is 5.82. The molecule has 0 unspecified atom stereocenters. The first-order chi connectivity index (χ1) is 8.71. The van der Waals surface area contributed by atoms with Gasteiger partial charge < -0.3 is 15.7 Å². The topological polar surface area (TPSA) is 116 Å². The van der Waals surface area contributed by atoms with Crippen LogP contribution in [0.5, 0.6) is 0 Å². The molecule has 1 fully saturated rings. The van der Waals surface area contributed by atoms with E-state index in [9.17, 15) is 19.2 Å². The lowest BCUT2D eigenvalue weighted by Gasteiger charge is -2.26. The normalized spacial score (nSPS) is 15.4. The molecule has 4 amide bonds. The summed E-state index contributed by atoms with van der Waals surface area (Å²) in [4.78, 5) is 45.5. The van der Waals surface area contributed by atoms with E-state index in [-0.39, 0.29) is 25.9 Å². The second kappa shape index (κ2) is 5.68. The average Bonchev–Trinajstić information content (AvgIpc) is 2.57. The molecule has 0 spiro atoms. The third-order valence-corrected chi connectivity index (χ3v) is 2.68. The van der Waals surface area contributed by atoms with Crippen molar-refractivity contribution >= 4 is 23.8 Å². The summed E-state index contributed by atoms with van der Waals surface area (Å²) in [6.07, 6.45) is 0.185. The highest BCUT2D eigenvalue weighted by Gasteiger charge is 2.31. The van der Waals surface area contributed by atoms with Gasteiger partial charge in [0.25, 0.3) is 5.91 Å². The Kier molecular flexibility index (Phi) is 4.47. The summed E-state index contributed by atoms with van der Waals surface area (Å²) in [5, 5.41) is 13.5. The van der Waals surface area contributed by atoms with E-state index in [1.54, 1.807) is 13.8 Å². The molecule has 8 heteroatoms. The van der Waals surface area contributed by atoms with Crippen molar-refractivity contribution in [2.45, 2.75) is 32.2 Å². The van der Waals surface area contributed by atoms with Gasteiger partial charge in [-0.3, -0.25) is 19.3 Å². The quantitative estimate of drug-likeness (QED) is 0.552. The molecule has 1 aliphatic rings. The molecule has 1 rings (SSSR count). The molecule has 0 aliphatic carbocycles. The van der Waals surface area contributed by atoms with Crippen LogP contribution < -0.4 is 10.6 Å². The molecule has 1 heterocycles. The van der Waals surface area contributed by atoms with Gasteiger partial charge in [0.1, 0.15) is 6.54 Å². The maximum atomic E-state index is 11.7. The van der Waals surface area contributed by atoms with Crippen LogP contribution in [0.4, 0.5) is 4.79 Å². The summed E-state index contributed by atoms with van der Waals surface area (Å²) in [6.45, 7) is 2.90. The minimum absolute atomic E-state index is 0.0730. The number of urea groups is 1.